The first-order chi connectivity index (χ1) is 8.22. The van der Waals surface area contributed by atoms with Crippen molar-refractivity contribution in [3.05, 3.63) is 47.0 Å². The summed E-state index contributed by atoms with van der Waals surface area (Å²) >= 11 is 0. The highest BCUT2D eigenvalue weighted by atomic mass is 19.1. The molecular weight excluding hydrogens is 217 g/mol. The van der Waals surface area contributed by atoms with E-state index in [1.165, 1.54) is 0 Å². The molecule has 2 rings (SSSR count). The minimum atomic E-state index is -0.167. The summed E-state index contributed by atoms with van der Waals surface area (Å²) in [6.45, 7) is 2.52. The summed E-state index contributed by atoms with van der Waals surface area (Å²) in [6, 6.07) is 5.27. The van der Waals surface area contributed by atoms with Gasteiger partial charge in [-0.05, 0) is 50.1 Å². The molecule has 17 heavy (non-hydrogen) atoms. The van der Waals surface area contributed by atoms with Crippen LogP contribution in [0.15, 0.2) is 30.0 Å². The van der Waals surface area contributed by atoms with Gasteiger partial charge in [-0.1, -0.05) is 12.1 Å². The number of allylic oxidation sites excluding steroid dienone is 1. The first-order valence-electron chi connectivity index (χ1n) is 5.98. The number of halogens is 1. The van der Waals surface area contributed by atoms with Crippen LogP contribution in [0, 0.1) is 12.7 Å². The number of hydrogen-bond acceptors (Lipinski definition) is 2. The molecule has 0 saturated carbocycles. The van der Waals surface area contributed by atoms with Crippen LogP contribution in [-0.4, -0.2) is 13.7 Å². The van der Waals surface area contributed by atoms with Gasteiger partial charge in [0.05, 0.1) is 12.6 Å². The van der Waals surface area contributed by atoms with Crippen molar-refractivity contribution in [2.75, 3.05) is 13.7 Å². The fraction of sp³-hybridized carbons (Fsp3) is 0.429. The third-order valence-corrected chi connectivity index (χ3v) is 3.07. The van der Waals surface area contributed by atoms with Crippen molar-refractivity contribution in [3.63, 3.8) is 0 Å². The molecule has 2 nitrogen and oxygen atoms in total. The largest absolute Gasteiger partial charge is 0.496 e. The van der Waals surface area contributed by atoms with Crippen LogP contribution in [0.3, 0.4) is 0 Å². The molecule has 0 amide bonds. The lowest BCUT2D eigenvalue weighted by molar-refractivity contribution is 0.169. The van der Waals surface area contributed by atoms with Gasteiger partial charge in [-0.2, -0.15) is 0 Å². The van der Waals surface area contributed by atoms with E-state index in [-0.39, 0.29) is 11.9 Å². The molecule has 1 aliphatic rings. The zero-order chi connectivity index (χ0) is 12.3. The van der Waals surface area contributed by atoms with Crippen molar-refractivity contribution < 1.29 is 9.13 Å². The predicted octanol–water partition coefficient (Wildman–Crippen LogP) is 3.09. The summed E-state index contributed by atoms with van der Waals surface area (Å²) in [5.74, 6) is 0.737. The maximum absolute atomic E-state index is 13.6. The van der Waals surface area contributed by atoms with Crippen LogP contribution in [0.5, 0.6) is 0 Å². The van der Waals surface area contributed by atoms with E-state index < -0.39 is 0 Å². The monoisotopic (exact) mass is 235 g/mol. The maximum atomic E-state index is 13.6. The molecular formula is C14H18FNO. The Morgan fingerprint density at radius 3 is 2.82 bits per heavy atom. The fourth-order valence-electron chi connectivity index (χ4n) is 2.04. The van der Waals surface area contributed by atoms with E-state index in [9.17, 15) is 4.39 Å². The molecule has 1 N–H and O–H groups in total. The zero-order valence-corrected chi connectivity index (χ0v) is 10.3. The van der Waals surface area contributed by atoms with Gasteiger partial charge in [-0.3, -0.25) is 0 Å². The van der Waals surface area contributed by atoms with Gasteiger partial charge in [0.1, 0.15) is 11.6 Å². The molecule has 1 heterocycles. The van der Waals surface area contributed by atoms with Gasteiger partial charge in [0.15, 0.2) is 0 Å². The van der Waals surface area contributed by atoms with E-state index in [0.29, 0.717) is 5.56 Å². The number of benzene rings is 1. The minimum Gasteiger partial charge on any atom is -0.496 e. The lowest BCUT2D eigenvalue weighted by Crippen LogP contribution is -2.22. The number of rotatable bonds is 3. The lowest BCUT2D eigenvalue weighted by Gasteiger charge is -2.24. The molecule has 1 aliphatic heterocycles. The Bertz CT molecular complexity index is 428. The smallest absolute Gasteiger partial charge is 0.126 e. The van der Waals surface area contributed by atoms with Crippen LogP contribution in [0.2, 0.25) is 0 Å². The van der Waals surface area contributed by atoms with E-state index in [2.05, 4.69) is 11.4 Å². The summed E-state index contributed by atoms with van der Waals surface area (Å²) in [7, 11) is 1.86. The first-order valence-corrected chi connectivity index (χ1v) is 5.98. The van der Waals surface area contributed by atoms with Gasteiger partial charge in [0.25, 0.3) is 0 Å². The van der Waals surface area contributed by atoms with Crippen molar-refractivity contribution >= 4 is 0 Å². The SMILES string of the molecule is CNC(C1=CCCCO1)c1ccc(C)c(F)c1. The van der Waals surface area contributed by atoms with Gasteiger partial charge in [0.2, 0.25) is 0 Å². The molecule has 1 unspecified atom stereocenters. The molecule has 92 valence electrons. The predicted molar refractivity (Wildman–Crippen MR) is 66.2 cm³/mol. The Labute approximate surface area is 101 Å². The Morgan fingerprint density at radius 2 is 2.24 bits per heavy atom. The van der Waals surface area contributed by atoms with E-state index in [1.807, 2.05) is 13.1 Å². The van der Waals surface area contributed by atoms with Crippen LogP contribution >= 0.6 is 0 Å². The Balaban J connectivity index is 2.28. The van der Waals surface area contributed by atoms with Gasteiger partial charge in [-0.25, -0.2) is 4.39 Å². The normalized spacial score (nSPS) is 17.2. The van der Waals surface area contributed by atoms with Gasteiger partial charge in [0, 0.05) is 0 Å². The Hall–Kier alpha value is -1.35. The molecule has 0 aliphatic carbocycles. The molecule has 1 aromatic rings. The standard InChI is InChI=1S/C14H18FNO/c1-10-6-7-11(9-12(10)15)14(16-2)13-5-3-4-8-17-13/h5-7,9,14,16H,3-4,8H2,1-2H3. The van der Waals surface area contributed by atoms with E-state index in [1.54, 1.807) is 19.1 Å². The lowest BCUT2D eigenvalue weighted by atomic mass is 10.0. The average Bonchev–Trinajstić information content (AvgIpc) is 2.36. The highest BCUT2D eigenvalue weighted by molar-refractivity contribution is 5.30. The number of nitrogens with one attached hydrogen (secondary N) is 1. The average molecular weight is 235 g/mol. The molecule has 1 aromatic carbocycles. The molecule has 0 radical (unpaired) electrons. The van der Waals surface area contributed by atoms with Crippen LogP contribution in [-0.2, 0) is 4.74 Å². The molecule has 0 aromatic heterocycles. The molecule has 1 atom stereocenters. The van der Waals surface area contributed by atoms with E-state index >= 15 is 0 Å². The maximum Gasteiger partial charge on any atom is 0.126 e. The second-order valence-corrected chi connectivity index (χ2v) is 4.33. The van der Waals surface area contributed by atoms with Gasteiger partial charge in [-0.15, -0.1) is 0 Å². The third-order valence-electron chi connectivity index (χ3n) is 3.07. The highest BCUT2D eigenvalue weighted by Crippen LogP contribution is 2.26. The first kappa shape index (κ1) is 12.1. The fourth-order valence-corrected chi connectivity index (χ4v) is 2.04. The molecule has 0 spiro atoms. The van der Waals surface area contributed by atoms with Crippen LogP contribution in [0.1, 0.15) is 30.0 Å². The Morgan fingerprint density at radius 1 is 1.41 bits per heavy atom. The van der Waals surface area contributed by atoms with Crippen LogP contribution in [0.4, 0.5) is 4.39 Å². The van der Waals surface area contributed by atoms with E-state index in [0.717, 1.165) is 30.8 Å². The molecule has 0 fully saturated rings. The van der Waals surface area contributed by atoms with Crippen LogP contribution < -0.4 is 5.32 Å². The second kappa shape index (κ2) is 5.32. The van der Waals surface area contributed by atoms with Crippen molar-refractivity contribution in [1.82, 2.24) is 5.32 Å². The highest BCUT2D eigenvalue weighted by Gasteiger charge is 2.18. The van der Waals surface area contributed by atoms with Crippen LogP contribution in [0.25, 0.3) is 0 Å². The molecule has 3 heteroatoms. The van der Waals surface area contributed by atoms with Crippen molar-refractivity contribution in [3.8, 4) is 0 Å². The van der Waals surface area contributed by atoms with Crippen molar-refractivity contribution in [2.45, 2.75) is 25.8 Å². The molecule has 0 bridgehead atoms. The number of ether oxygens (including phenoxy) is 1. The molecule has 0 saturated heterocycles. The summed E-state index contributed by atoms with van der Waals surface area (Å²) in [6.07, 6.45) is 4.17. The topological polar surface area (TPSA) is 21.3 Å². The summed E-state index contributed by atoms with van der Waals surface area (Å²) < 4.78 is 19.2. The quantitative estimate of drug-likeness (QED) is 0.869. The number of likely N-dealkylation sites (N-methyl/N-ethyl adjacent to an activating group) is 1. The summed E-state index contributed by atoms with van der Waals surface area (Å²) in [5, 5.41) is 3.17. The Kier molecular flexibility index (Phi) is 3.79. The summed E-state index contributed by atoms with van der Waals surface area (Å²) in [5.41, 5.74) is 1.57. The minimum absolute atomic E-state index is 0.0506. The third kappa shape index (κ3) is 2.67. The van der Waals surface area contributed by atoms with Crippen molar-refractivity contribution in [1.29, 1.82) is 0 Å². The van der Waals surface area contributed by atoms with E-state index in [4.69, 9.17) is 4.74 Å². The summed E-state index contributed by atoms with van der Waals surface area (Å²) in [4.78, 5) is 0. The van der Waals surface area contributed by atoms with Crippen molar-refractivity contribution in [2.24, 2.45) is 0 Å². The number of hydrogen-bond donors (Lipinski definition) is 1. The van der Waals surface area contributed by atoms with Gasteiger partial charge < -0.3 is 10.1 Å². The second-order valence-electron chi connectivity index (χ2n) is 4.33. The zero-order valence-electron chi connectivity index (χ0n) is 10.3. The van der Waals surface area contributed by atoms with Gasteiger partial charge >= 0.3 is 0 Å². The number of aryl methyl sites for hydroxylation is 1.